The molecule has 2 heterocycles. The number of alkyl halides is 3. The number of carbonyl (C=O) groups is 1. The van der Waals surface area contributed by atoms with Gasteiger partial charge in [0, 0.05) is 23.1 Å². The summed E-state index contributed by atoms with van der Waals surface area (Å²) < 4.78 is 59.2. The van der Waals surface area contributed by atoms with Crippen molar-refractivity contribution >= 4 is 22.5 Å². The number of ether oxygens (including phenoxy) is 1. The second-order valence-electron chi connectivity index (χ2n) is 8.17. The molecule has 0 bridgehead atoms. The molecule has 0 atom stereocenters. The Kier molecular flexibility index (Phi) is 7.14. The number of aromatic nitrogens is 2. The lowest BCUT2D eigenvalue weighted by molar-refractivity contribution is -0.141. The van der Waals surface area contributed by atoms with Crippen LogP contribution in [0.4, 0.5) is 23.2 Å². The van der Waals surface area contributed by atoms with Crippen LogP contribution < -0.4 is 21.3 Å². The number of rotatable bonds is 7. The minimum absolute atomic E-state index is 0.0387. The highest BCUT2D eigenvalue weighted by molar-refractivity contribution is 6.09. The van der Waals surface area contributed by atoms with Gasteiger partial charge in [-0.3, -0.25) is 9.59 Å². The number of fused-ring (bicyclic) bond motifs is 1. The third kappa shape index (κ3) is 5.40. The topological polar surface area (TPSA) is 110 Å². The molecular weight excluding hydrogens is 492 g/mol. The van der Waals surface area contributed by atoms with Crippen LogP contribution in [0.5, 0.6) is 5.75 Å². The number of aromatic amines is 1. The number of halogens is 4. The summed E-state index contributed by atoms with van der Waals surface area (Å²) in [6.45, 7) is 1.94. The number of anilines is 1. The Morgan fingerprint density at radius 3 is 2.59 bits per heavy atom. The average molecular weight is 514 g/mol. The van der Waals surface area contributed by atoms with Crippen LogP contribution in [0, 0.1) is 5.82 Å². The predicted molar refractivity (Wildman–Crippen MR) is 131 cm³/mol. The van der Waals surface area contributed by atoms with E-state index in [0.717, 1.165) is 12.1 Å². The fourth-order valence-electron chi connectivity index (χ4n) is 3.80. The van der Waals surface area contributed by atoms with Gasteiger partial charge in [-0.1, -0.05) is 31.2 Å². The van der Waals surface area contributed by atoms with E-state index in [1.54, 1.807) is 18.2 Å². The van der Waals surface area contributed by atoms with Crippen LogP contribution in [0.15, 0.2) is 59.4 Å². The van der Waals surface area contributed by atoms with E-state index in [1.165, 1.54) is 24.3 Å². The van der Waals surface area contributed by atoms with E-state index in [0.29, 0.717) is 18.4 Å². The molecule has 2 aromatic heterocycles. The van der Waals surface area contributed by atoms with E-state index in [9.17, 15) is 27.2 Å². The predicted octanol–water partition coefficient (Wildman–Crippen LogP) is 5.05. The van der Waals surface area contributed by atoms with Gasteiger partial charge in [0.05, 0.1) is 16.9 Å². The van der Waals surface area contributed by atoms with Gasteiger partial charge in [0.1, 0.15) is 29.4 Å². The number of nitrogens with zero attached hydrogens (tertiary/aromatic N) is 1. The van der Waals surface area contributed by atoms with Gasteiger partial charge in [0.2, 0.25) is 0 Å². The zero-order chi connectivity index (χ0) is 26.7. The third-order valence-electron chi connectivity index (χ3n) is 5.56. The van der Waals surface area contributed by atoms with Crippen LogP contribution in [-0.2, 0) is 12.8 Å². The maximum absolute atomic E-state index is 14.9. The minimum atomic E-state index is -4.59. The molecule has 0 spiro atoms. The van der Waals surface area contributed by atoms with Crippen molar-refractivity contribution in [3.05, 3.63) is 87.7 Å². The third-order valence-corrected chi connectivity index (χ3v) is 5.56. The number of hydrogen-bond acceptors (Lipinski definition) is 5. The molecule has 0 saturated carbocycles. The van der Waals surface area contributed by atoms with Gasteiger partial charge >= 0.3 is 6.18 Å². The summed E-state index contributed by atoms with van der Waals surface area (Å²) in [5, 5.41) is 2.96. The van der Waals surface area contributed by atoms with Crippen LogP contribution in [0.3, 0.4) is 0 Å². The number of H-pyrrole nitrogens is 1. The standard InChI is InChI=1S/C26H22F4N4O3/c1-2-11-32-24(35)21-22(31)17-7-4-6-16(23(17)34-25(21)36)18-12-15(9-10-19(18)27)37-13-14-5-3-8-20(33-14)26(28,29)30/h3-10,12H,2,11,13H2,1H3,(H,32,35)(H3,31,34,36). The summed E-state index contributed by atoms with van der Waals surface area (Å²) in [4.78, 5) is 31.4. The van der Waals surface area contributed by atoms with Crippen LogP contribution in [0.25, 0.3) is 22.0 Å². The molecule has 1 amide bonds. The molecule has 0 aliphatic carbocycles. The van der Waals surface area contributed by atoms with Crippen molar-refractivity contribution in [1.82, 2.24) is 15.3 Å². The van der Waals surface area contributed by atoms with E-state index in [-0.39, 0.29) is 45.9 Å². The Hall–Kier alpha value is -4.41. The van der Waals surface area contributed by atoms with Crippen LogP contribution in [-0.4, -0.2) is 22.4 Å². The second kappa shape index (κ2) is 10.3. The van der Waals surface area contributed by atoms with E-state index in [1.807, 2.05) is 6.92 Å². The Labute approximate surface area is 208 Å². The molecule has 0 radical (unpaired) electrons. The first kappa shape index (κ1) is 25.7. The fraction of sp³-hybridized carbons (Fsp3) is 0.192. The molecule has 4 rings (SSSR count). The van der Waals surface area contributed by atoms with Gasteiger partial charge in [0.15, 0.2) is 0 Å². The minimum Gasteiger partial charge on any atom is -0.487 e. The monoisotopic (exact) mass is 514 g/mol. The maximum Gasteiger partial charge on any atom is 0.433 e. The molecule has 4 N–H and O–H groups in total. The highest BCUT2D eigenvalue weighted by Crippen LogP contribution is 2.34. The van der Waals surface area contributed by atoms with Crippen molar-refractivity contribution in [2.45, 2.75) is 26.1 Å². The Balaban J connectivity index is 1.70. The van der Waals surface area contributed by atoms with Crippen molar-refractivity contribution in [2.75, 3.05) is 12.3 Å². The smallest absolute Gasteiger partial charge is 0.433 e. The van der Waals surface area contributed by atoms with Gasteiger partial charge in [-0.25, -0.2) is 9.37 Å². The van der Waals surface area contributed by atoms with Crippen molar-refractivity contribution < 1.29 is 27.1 Å². The van der Waals surface area contributed by atoms with Gasteiger partial charge in [-0.05, 0) is 36.8 Å². The summed E-state index contributed by atoms with van der Waals surface area (Å²) in [6, 6.07) is 12.0. The number of nitrogen functional groups attached to an aromatic ring is 1. The van der Waals surface area contributed by atoms with E-state index in [4.69, 9.17) is 10.5 Å². The molecular formula is C26H22F4N4O3. The average Bonchev–Trinajstić information content (AvgIpc) is 2.86. The molecule has 11 heteroatoms. The lowest BCUT2D eigenvalue weighted by Gasteiger charge is -2.14. The first-order chi connectivity index (χ1) is 17.6. The van der Waals surface area contributed by atoms with Gasteiger partial charge in [-0.2, -0.15) is 13.2 Å². The molecule has 37 heavy (non-hydrogen) atoms. The summed E-state index contributed by atoms with van der Waals surface area (Å²) in [7, 11) is 0. The summed E-state index contributed by atoms with van der Waals surface area (Å²) in [5.74, 6) is -1.09. The number of hydrogen-bond donors (Lipinski definition) is 3. The quantitative estimate of drug-likeness (QED) is 0.299. The molecule has 7 nitrogen and oxygen atoms in total. The lowest BCUT2D eigenvalue weighted by Crippen LogP contribution is -2.31. The van der Waals surface area contributed by atoms with Crippen LogP contribution >= 0.6 is 0 Å². The number of para-hydroxylation sites is 1. The largest absolute Gasteiger partial charge is 0.487 e. The number of nitrogens with one attached hydrogen (secondary N) is 2. The molecule has 0 aliphatic rings. The van der Waals surface area contributed by atoms with Crippen molar-refractivity contribution in [3.63, 3.8) is 0 Å². The van der Waals surface area contributed by atoms with Crippen molar-refractivity contribution in [3.8, 4) is 16.9 Å². The summed E-state index contributed by atoms with van der Waals surface area (Å²) in [5.41, 5.74) is 4.71. The van der Waals surface area contributed by atoms with Crippen molar-refractivity contribution in [2.24, 2.45) is 0 Å². The highest BCUT2D eigenvalue weighted by Gasteiger charge is 2.32. The van der Waals surface area contributed by atoms with E-state index < -0.39 is 29.2 Å². The van der Waals surface area contributed by atoms with Crippen molar-refractivity contribution in [1.29, 1.82) is 0 Å². The van der Waals surface area contributed by atoms with Gasteiger partial charge < -0.3 is 20.8 Å². The zero-order valence-electron chi connectivity index (χ0n) is 19.6. The zero-order valence-corrected chi connectivity index (χ0v) is 19.6. The number of benzene rings is 2. The maximum atomic E-state index is 14.9. The fourth-order valence-corrected chi connectivity index (χ4v) is 3.80. The molecule has 0 fully saturated rings. The second-order valence-corrected chi connectivity index (χ2v) is 8.17. The molecule has 0 saturated heterocycles. The Morgan fingerprint density at radius 2 is 1.86 bits per heavy atom. The summed E-state index contributed by atoms with van der Waals surface area (Å²) in [6.07, 6.45) is -3.93. The molecule has 0 aliphatic heterocycles. The first-order valence-corrected chi connectivity index (χ1v) is 11.3. The number of pyridine rings is 2. The SMILES string of the molecule is CCCNC(=O)c1c(N)c2cccc(-c3cc(OCc4cccc(C(F)(F)F)n4)ccc3F)c2[nH]c1=O. The normalized spacial score (nSPS) is 11.5. The molecule has 2 aromatic carbocycles. The van der Waals surface area contributed by atoms with Gasteiger partial charge in [-0.15, -0.1) is 0 Å². The van der Waals surface area contributed by atoms with E-state index >= 15 is 0 Å². The highest BCUT2D eigenvalue weighted by atomic mass is 19.4. The van der Waals surface area contributed by atoms with Gasteiger partial charge in [0.25, 0.3) is 11.5 Å². The lowest BCUT2D eigenvalue weighted by atomic mass is 9.99. The van der Waals surface area contributed by atoms with Crippen LogP contribution in [0.1, 0.15) is 35.1 Å². The first-order valence-electron chi connectivity index (χ1n) is 11.3. The molecule has 192 valence electrons. The number of carbonyl (C=O) groups excluding carboxylic acids is 1. The number of nitrogens with two attached hydrogens (primary N) is 1. The number of amides is 1. The molecule has 0 unspecified atom stereocenters. The summed E-state index contributed by atoms with van der Waals surface area (Å²) >= 11 is 0. The Bertz CT molecular complexity index is 1530. The molecule has 4 aromatic rings. The Morgan fingerprint density at radius 1 is 1.11 bits per heavy atom. The van der Waals surface area contributed by atoms with E-state index in [2.05, 4.69) is 15.3 Å². The van der Waals surface area contributed by atoms with Crippen LogP contribution in [0.2, 0.25) is 0 Å².